The van der Waals surface area contributed by atoms with Crippen LogP contribution in [0.15, 0.2) is 72.8 Å². The number of carboxylic acid groups (broad SMARTS) is 2. The molecule has 3 atom stereocenters. The van der Waals surface area contributed by atoms with E-state index in [0.29, 0.717) is 51.4 Å². The van der Waals surface area contributed by atoms with Crippen LogP contribution in [0.4, 0.5) is 0 Å². The highest BCUT2D eigenvalue weighted by Crippen LogP contribution is 2.27. The molecule has 0 aliphatic heterocycles. The average Bonchev–Trinajstić information content (AvgIpc) is 3.00. The van der Waals surface area contributed by atoms with Crippen molar-refractivity contribution in [3.8, 4) is 5.75 Å². The van der Waals surface area contributed by atoms with Gasteiger partial charge in [0.2, 0.25) is 0 Å². The standard InChI is InChI=1S/C21H23NO.2C5H12N2O2.H3O4P/c1-22(2)20(18-10-4-3-5-11-18)15-16-23-21-14-8-12-17-9-6-7-13-19(17)21;2*6-3-1-2-4(7)5(8)9;1-5(2,3)4/h3-14,20H,15-16H2,1-2H3;2*4H,1-3,6-7H2,(H,8,9);(H3,1,2,3,4)/p-2/t20-;2*4-;/m000./s1. The van der Waals surface area contributed by atoms with Crippen LogP contribution in [0.25, 0.3) is 10.8 Å². The summed E-state index contributed by atoms with van der Waals surface area (Å²) in [7, 11) is -0.898. The zero-order valence-electron chi connectivity index (χ0n) is 26.3. The van der Waals surface area contributed by atoms with E-state index in [1.807, 2.05) is 0 Å². The number of nitrogens with two attached hydrogens (primary N) is 4. The van der Waals surface area contributed by atoms with Crippen LogP contribution in [0.3, 0.4) is 0 Å². The topological polar surface area (TPSA) is 275 Å². The highest BCUT2D eigenvalue weighted by molar-refractivity contribution is 7.42. The van der Waals surface area contributed by atoms with Crippen molar-refractivity contribution in [1.29, 1.82) is 0 Å². The van der Waals surface area contributed by atoms with Gasteiger partial charge in [-0.3, -0.25) is 9.59 Å². The Morgan fingerprint density at radius 2 is 1.26 bits per heavy atom. The average molecular weight is 666 g/mol. The maximum Gasteiger partial charge on any atom is 0.320 e. The molecular weight excluding hydrogens is 617 g/mol. The Bertz CT molecular complexity index is 1270. The monoisotopic (exact) mass is 665 g/mol. The van der Waals surface area contributed by atoms with Gasteiger partial charge in [-0.1, -0.05) is 66.7 Å². The van der Waals surface area contributed by atoms with Crippen molar-refractivity contribution in [1.82, 2.24) is 4.90 Å². The summed E-state index contributed by atoms with van der Waals surface area (Å²) < 4.78 is 14.8. The summed E-state index contributed by atoms with van der Waals surface area (Å²) in [4.78, 5) is 46.6. The van der Waals surface area contributed by atoms with Gasteiger partial charge >= 0.3 is 11.9 Å². The Balaban J connectivity index is 0.000000728. The molecule has 0 aliphatic carbocycles. The molecule has 0 radical (unpaired) electrons. The van der Waals surface area contributed by atoms with E-state index >= 15 is 0 Å². The maximum absolute atomic E-state index is 10.0. The van der Waals surface area contributed by atoms with Gasteiger partial charge in [0.25, 0.3) is 0 Å². The molecule has 0 spiro atoms. The van der Waals surface area contributed by atoms with Crippen LogP contribution < -0.4 is 37.5 Å². The van der Waals surface area contributed by atoms with Crippen LogP contribution in [0.5, 0.6) is 5.75 Å². The van der Waals surface area contributed by atoms with Gasteiger partial charge < -0.3 is 62.0 Å². The van der Waals surface area contributed by atoms with Crippen LogP contribution in [-0.2, 0) is 14.2 Å². The zero-order valence-corrected chi connectivity index (χ0v) is 27.2. The second kappa shape index (κ2) is 23.8. The summed E-state index contributed by atoms with van der Waals surface area (Å²) in [6.07, 6.45) is 3.23. The molecule has 0 bridgehead atoms. The Labute approximate surface area is 270 Å². The van der Waals surface area contributed by atoms with E-state index in [0.717, 1.165) is 12.2 Å². The fourth-order valence-corrected chi connectivity index (χ4v) is 3.92. The SMILES string of the molecule is CN(C)[C@@H](CCOc1cccc2ccccc12)c1ccccc1.NCCC[C@H](N)C(=O)O.NCCC[C@H](N)C(=O)O.O=P([O-])([O-])O. The number of benzene rings is 3. The van der Waals surface area contributed by atoms with E-state index in [-0.39, 0.29) is 0 Å². The van der Waals surface area contributed by atoms with E-state index in [9.17, 15) is 9.59 Å². The van der Waals surface area contributed by atoms with Crippen molar-refractivity contribution in [2.75, 3.05) is 33.8 Å². The summed E-state index contributed by atoms with van der Waals surface area (Å²) in [6, 6.07) is 24.1. The van der Waals surface area contributed by atoms with E-state index in [2.05, 4.69) is 91.8 Å². The van der Waals surface area contributed by atoms with Crippen molar-refractivity contribution in [2.24, 2.45) is 22.9 Å². The number of ether oxygens (including phenoxy) is 1. The van der Waals surface area contributed by atoms with Crippen molar-refractivity contribution >= 4 is 30.5 Å². The smallest absolute Gasteiger partial charge is 0.320 e. The molecule has 0 aromatic heterocycles. The van der Waals surface area contributed by atoms with Gasteiger partial charge in [0, 0.05) is 17.8 Å². The van der Waals surface area contributed by atoms with Crippen molar-refractivity contribution in [3.63, 3.8) is 0 Å². The highest BCUT2D eigenvalue weighted by atomic mass is 31.2. The fraction of sp³-hybridized carbons (Fsp3) is 0.419. The predicted octanol–water partition coefficient (Wildman–Crippen LogP) is 0.993. The third-order valence-corrected chi connectivity index (χ3v) is 6.28. The molecule has 0 saturated heterocycles. The first-order valence-electron chi connectivity index (χ1n) is 14.6. The molecule has 15 heteroatoms. The van der Waals surface area contributed by atoms with Crippen LogP contribution in [0.2, 0.25) is 0 Å². The second-order valence-electron chi connectivity index (χ2n) is 10.2. The number of phosphoric acid groups is 1. The Kier molecular flexibility index (Phi) is 22.1. The third kappa shape index (κ3) is 20.6. The summed E-state index contributed by atoms with van der Waals surface area (Å²) in [5.41, 5.74) is 21.9. The Hall–Kier alpha value is -3.43. The summed E-state index contributed by atoms with van der Waals surface area (Å²) in [5, 5.41) is 18.9. The first kappa shape index (κ1) is 42.6. The molecule has 0 aliphatic rings. The van der Waals surface area contributed by atoms with Gasteiger partial charge in [0.05, 0.1) is 14.4 Å². The molecule has 3 rings (SSSR count). The lowest BCUT2D eigenvalue weighted by Crippen LogP contribution is -2.30. The molecule has 0 amide bonds. The number of hydrogen-bond acceptors (Lipinski definition) is 11. The molecule has 3 aromatic carbocycles. The van der Waals surface area contributed by atoms with Crippen molar-refractivity contribution in [2.45, 2.75) is 50.2 Å². The molecular formula is C31H48N5O9P-2. The molecule has 0 saturated carbocycles. The number of fused-ring (bicyclic) bond motifs is 1. The lowest BCUT2D eigenvalue weighted by Gasteiger charge is -2.25. The van der Waals surface area contributed by atoms with Crippen LogP contribution in [-0.4, -0.2) is 77.8 Å². The predicted molar refractivity (Wildman–Crippen MR) is 175 cm³/mol. The molecule has 46 heavy (non-hydrogen) atoms. The molecule has 0 unspecified atom stereocenters. The minimum Gasteiger partial charge on any atom is -0.790 e. The lowest BCUT2D eigenvalue weighted by molar-refractivity contribution is -0.337. The van der Waals surface area contributed by atoms with E-state index in [4.69, 9.17) is 57.1 Å². The van der Waals surface area contributed by atoms with Gasteiger partial charge in [-0.05, 0) is 69.9 Å². The first-order chi connectivity index (χ1) is 21.6. The summed E-state index contributed by atoms with van der Waals surface area (Å²) in [6.45, 7) is 1.70. The third-order valence-electron chi connectivity index (χ3n) is 6.28. The quantitative estimate of drug-likeness (QED) is 0.118. The van der Waals surface area contributed by atoms with Crippen molar-refractivity contribution in [3.05, 3.63) is 78.4 Å². The van der Waals surface area contributed by atoms with Gasteiger partial charge in [0.1, 0.15) is 17.8 Å². The fourth-order valence-electron chi connectivity index (χ4n) is 3.92. The first-order valence-corrected chi connectivity index (χ1v) is 16.1. The second-order valence-corrected chi connectivity index (χ2v) is 11.2. The van der Waals surface area contributed by atoms with E-state index in [1.165, 1.54) is 16.3 Å². The Morgan fingerprint density at radius 3 is 1.72 bits per heavy atom. The minimum atomic E-state index is -5.14. The summed E-state index contributed by atoms with van der Waals surface area (Å²) in [5.74, 6) is -0.944. The maximum atomic E-state index is 10.0. The highest BCUT2D eigenvalue weighted by Gasteiger charge is 2.14. The Morgan fingerprint density at radius 1 is 0.804 bits per heavy atom. The van der Waals surface area contributed by atoms with Crippen LogP contribution in [0.1, 0.15) is 43.7 Å². The number of carboxylic acids is 2. The number of hydrogen-bond donors (Lipinski definition) is 7. The van der Waals surface area contributed by atoms with Gasteiger partial charge in [-0.25, -0.2) is 0 Å². The van der Waals surface area contributed by atoms with Gasteiger partial charge in [-0.15, -0.1) is 0 Å². The summed E-state index contributed by atoms with van der Waals surface area (Å²) >= 11 is 0. The van der Waals surface area contributed by atoms with Gasteiger partial charge in [-0.2, -0.15) is 0 Å². The molecule has 0 heterocycles. The molecule has 258 valence electrons. The van der Waals surface area contributed by atoms with Crippen molar-refractivity contribution < 1.29 is 43.8 Å². The molecule has 3 aromatic rings. The minimum absolute atomic E-state index is 0.367. The number of rotatable bonds is 14. The molecule has 11 N–H and O–H groups in total. The van der Waals surface area contributed by atoms with E-state index < -0.39 is 31.8 Å². The van der Waals surface area contributed by atoms with Gasteiger partial charge in [0.15, 0.2) is 0 Å². The number of nitrogens with zero attached hydrogens (tertiary/aromatic N) is 1. The zero-order chi connectivity index (χ0) is 35.1. The lowest BCUT2D eigenvalue weighted by atomic mass is 10.0. The number of aliphatic carboxylic acids is 2. The molecule has 14 nitrogen and oxygen atoms in total. The van der Waals surface area contributed by atoms with E-state index in [1.54, 1.807) is 0 Å². The normalized spacial score (nSPS) is 12.7. The van der Waals surface area contributed by atoms with Crippen LogP contribution in [0, 0.1) is 0 Å². The van der Waals surface area contributed by atoms with Crippen LogP contribution >= 0.6 is 7.82 Å². The molecule has 0 fully saturated rings. The number of carbonyl (C=O) groups is 2. The largest absolute Gasteiger partial charge is 0.790 e.